The summed E-state index contributed by atoms with van der Waals surface area (Å²) in [5.41, 5.74) is 0.596. The van der Waals surface area contributed by atoms with Gasteiger partial charge in [-0.15, -0.1) is 16.8 Å². The fourth-order valence-electron chi connectivity index (χ4n) is 2.84. The van der Waals surface area contributed by atoms with Crippen LogP contribution in [0.5, 0.6) is 0 Å². The molecule has 0 amide bonds. The van der Waals surface area contributed by atoms with E-state index in [4.69, 9.17) is 0 Å². The van der Waals surface area contributed by atoms with Crippen LogP contribution in [0.25, 0.3) is 10.9 Å². The van der Waals surface area contributed by atoms with E-state index in [1.54, 1.807) is 17.8 Å². The number of rotatable bonds is 6. The van der Waals surface area contributed by atoms with Gasteiger partial charge in [0.15, 0.2) is 5.16 Å². The van der Waals surface area contributed by atoms with Crippen molar-refractivity contribution in [1.29, 1.82) is 0 Å². The molecular formula is C18H19N5OS. The molecule has 1 atom stereocenters. The van der Waals surface area contributed by atoms with Gasteiger partial charge in [-0.2, -0.15) is 0 Å². The third kappa shape index (κ3) is 3.11. The van der Waals surface area contributed by atoms with Gasteiger partial charge in [-0.1, -0.05) is 30.0 Å². The molecule has 2 heterocycles. The van der Waals surface area contributed by atoms with Crippen molar-refractivity contribution < 1.29 is 0 Å². The maximum absolute atomic E-state index is 12.3. The topological polar surface area (TPSA) is 76.5 Å². The zero-order valence-corrected chi connectivity index (χ0v) is 14.8. The quantitative estimate of drug-likeness (QED) is 0.543. The molecule has 1 fully saturated rings. The van der Waals surface area contributed by atoms with Gasteiger partial charge in [0.1, 0.15) is 11.6 Å². The minimum atomic E-state index is -0.112. The standard InChI is InChI=1S/C18H19N5OS/c1-3-10-23-16(12-8-9-12)21-22-18(23)25-11(2)15-19-14-7-5-4-6-13(14)17(24)20-15/h3-7,11-12H,1,8-10H2,2H3,(H,19,20,24)/t11-/m1/s1. The molecule has 0 aliphatic heterocycles. The summed E-state index contributed by atoms with van der Waals surface area (Å²) in [6.07, 6.45) is 4.21. The average Bonchev–Trinajstić information content (AvgIpc) is 3.39. The molecule has 1 N–H and O–H groups in total. The van der Waals surface area contributed by atoms with E-state index in [2.05, 4.69) is 31.3 Å². The largest absolute Gasteiger partial charge is 0.309 e. The molecule has 1 aromatic carbocycles. The number of benzene rings is 1. The van der Waals surface area contributed by atoms with Crippen LogP contribution in [0.2, 0.25) is 0 Å². The van der Waals surface area contributed by atoms with Crippen molar-refractivity contribution in [3.8, 4) is 0 Å². The molecule has 7 heteroatoms. The Bertz CT molecular complexity index is 989. The van der Waals surface area contributed by atoms with E-state index in [0.717, 1.165) is 11.0 Å². The molecule has 3 aromatic rings. The molecule has 6 nitrogen and oxygen atoms in total. The van der Waals surface area contributed by atoms with Crippen molar-refractivity contribution in [1.82, 2.24) is 24.7 Å². The summed E-state index contributed by atoms with van der Waals surface area (Å²) in [6.45, 7) is 6.54. The number of H-pyrrole nitrogens is 1. The minimum Gasteiger partial charge on any atom is -0.309 e. The lowest BCUT2D eigenvalue weighted by Gasteiger charge is -2.12. The highest BCUT2D eigenvalue weighted by atomic mass is 32.2. The molecule has 2 aromatic heterocycles. The Balaban J connectivity index is 1.65. The Labute approximate surface area is 149 Å². The SMILES string of the molecule is C=CCn1c(S[C@H](C)c2nc3ccccc3c(=O)[nH]2)nnc1C1CC1. The van der Waals surface area contributed by atoms with Gasteiger partial charge in [0.05, 0.1) is 16.2 Å². The molecule has 128 valence electrons. The average molecular weight is 353 g/mol. The van der Waals surface area contributed by atoms with Crippen LogP contribution in [0.1, 0.15) is 42.6 Å². The highest BCUT2D eigenvalue weighted by molar-refractivity contribution is 7.99. The summed E-state index contributed by atoms with van der Waals surface area (Å²) < 4.78 is 2.12. The van der Waals surface area contributed by atoms with Crippen LogP contribution < -0.4 is 5.56 Å². The number of aromatic amines is 1. The van der Waals surface area contributed by atoms with E-state index in [1.165, 1.54) is 12.8 Å². The number of fused-ring (bicyclic) bond motifs is 1. The summed E-state index contributed by atoms with van der Waals surface area (Å²) in [4.78, 5) is 19.8. The van der Waals surface area contributed by atoms with Crippen LogP contribution in [0, 0.1) is 0 Å². The zero-order chi connectivity index (χ0) is 17.4. The predicted octanol–water partition coefficient (Wildman–Crippen LogP) is 3.43. The third-order valence-corrected chi connectivity index (χ3v) is 5.39. The van der Waals surface area contributed by atoms with Crippen molar-refractivity contribution in [2.45, 2.75) is 42.6 Å². The fourth-order valence-corrected chi connectivity index (χ4v) is 3.77. The summed E-state index contributed by atoms with van der Waals surface area (Å²) in [6, 6.07) is 7.37. The smallest absolute Gasteiger partial charge is 0.258 e. The van der Waals surface area contributed by atoms with Gasteiger partial charge in [0, 0.05) is 12.5 Å². The Morgan fingerprint density at radius 1 is 1.40 bits per heavy atom. The maximum atomic E-state index is 12.3. The lowest BCUT2D eigenvalue weighted by Crippen LogP contribution is -2.13. The van der Waals surface area contributed by atoms with E-state index >= 15 is 0 Å². The van der Waals surface area contributed by atoms with Gasteiger partial charge >= 0.3 is 0 Å². The van der Waals surface area contributed by atoms with Crippen molar-refractivity contribution in [3.63, 3.8) is 0 Å². The number of thioether (sulfide) groups is 1. The van der Waals surface area contributed by atoms with Crippen molar-refractivity contribution >= 4 is 22.7 Å². The second-order valence-electron chi connectivity index (χ2n) is 6.24. The van der Waals surface area contributed by atoms with Gasteiger partial charge in [0.25, 0.3) is 5.56 Å². The van der Waals surface area contributed by atoms with Crippen LogP contribution in [0.3, 0.4) is 0 Å². The van der Waals surface area contributed by atoms with Gasteiger partial charge < -0.3 is 9.55 Å². The summed E-state index contributed by atoms with van der Waals surface area (Å²) in [5.74, 6) is 2.21. The van der Waals surface area contributed by atoms with Crippen LogP contribution in [-0.2, 0) is 6.54 Å². The molecular weight excluding hydrogens is 334 g/mol. The van der Waals surface area contributed by atoms with Crippen LogP contribution in [-0.4, -0.2) is 24.7 Å². The number of para-hydroxylation sites is 1. The Hall–Kier alpha value is -2.41. The molecule has 1 aliphatic rings. The normalized spacial score (nSPS) is 15.4. The Morgan fingerprint density at radius 2 is 2.20 bits per heavy atom. The van der Waals surface area contributed by atoms with Crippen LogP contribution >= 0.6 is 11.8 Å². The van der Waals surface area contributed by atoms with Crippen molar-refractivity contribution in [3.05, 3.63) is 58.9 Å². The van der Waals surface area contributed by atoms with Gasteiger partial charge in [-0.25, -0.2) is 4.98 Å². The monoisotopic (exact) mass is 353 g/mol. The first-order valence-electron chi connectivity index (χ1n) is 8.37. The maximum Gasteiger partial charge on any atom is 0.258 e. The molecule has 0 radical (unpaired) electrons. The lowest BCUT2D eigenvalue weighted by atomic mass is 10.2. The van der Waals surface area contributed by atoms with Crippen LogP contribution in [0.15, 0.2) is 46.9 Å². The molecule has 0 bridgehead atoms. The predicted molar refractivity (Wildman–Crippen MR) is 98.8 cm³/mol. The first-order valence-corrected chi connectivity index (χ1v) is 9.25. The first kappa shape index (κ1) is 16.1. The molecule has 1 saturated carbocycles. The summed E-state index contributed by atoms with van der Waals surface area (Å²) in [5, 5.41) is 10.1. The molecule has 4 rings (SSSR count). The summed E-state index contributed by atoms with van der Waals surface area (Å²) >= 11 is 1.56. The molecule has 0 unspecified atom stereocenters. The number of hydrogen-bond acceptors (Lipinski definition) is 5. The van der Waals surface area contributed by atoms with Gasteiger partial charge in [0.2, 0.25) is 0 Å². The number of hydrogen-bond donors (Lipinski definition) is 1. The van der Waals surface area contributed by atoms with Crippen molar-refractivity contribution in [2.24, 2.45) is 0 Å². The molecule has 1 aliphatic carbocycles. The van der Waals surface area contributed by atoms with Crippen molar-refractivity contribution in [2.75, 3.05) is 0 Å². The Kier molecular flexibility index (Phi) is 4.17. The molecule has 25 heavy (non-hydrogen) atoms. The minimum absolute atomic E-state index is 0.0443. The highest BCUT2D eigenvalue weighted by Gasteiger charge is 2.30. The van der Waals surface area contributed by atoms with E-state index in [-0.39, 0.29) is 10.8 Å². The fraction of sp³-hybridized carbons (Fsp3) is 0.333. The first-order chi connectivity index (χ1) is 12.2. The Morgan fingerprint density at radius 3 is 2.96 bits per heavy atom. The molecule has 0 saturated heterocycles. The second-order valence-corrected chi connectivity index (χ2v) is 7.55. The highest BCUT2D eigenvalue weighted by Crippen LogP contribution is 2.41. The second kappa shape index (κ2) is 6.48. The van der Waals surface area contributed by atoms with Gasteiger partial charge in [-0.05, 0) is 31.9 Å². The number of allylic oxidation sites excluding steroid dienone is 1. The van der Waals surface area contributed by atoms with E-state index in [1.807, 2.05) is 31.2 Å². The van der Waals surface area contributed by atoms with Crippen LogP contribution in [0.4, 0.5) is 0 Å². The number of nitrogens with zero attached hydrogens (tertiary/aromatic N) is 4. The number of nitrogens with one attached hydrogen (secondary N) is 1. The lowest BCUT2D eigenvalue weighted by molar-refractivity contribution is 0.679. The van der Waals surface area contributed by atoms with Gasteiger partial charge in [-0.3, -0.25) is 4.79 Å². The molecule has 0 spiro atoms. The van der Waals surface area contributed by atoms with E-state index in [9.17, 15) is 4.79 Å². The van der Waals surface area contributed by atoms with E-state index in [0.29, 0.717) is 29.2 Å². The third-order valence-electron chi connectivity index (χ3n) is 4.30. The summed E-state index contributed by atoms with van der Waals surface area (Å²) in [7, 11) is 0. The zero-order valence-electron chi connectivity index (χ0n) is 14.0. The van der Waals surface area contributed by atoms with E-state index < -0.39 is 0 Å². The number of aromatic nitrogens is 5.